The van der Waals surface area contributed by atoms with Crippen molar-refractivity contribution in [3.63, 3.8) is 0 Å². The van der Waals surface area contributed by atoms with E-state index in [4.69, 9.17) is 5.73 Å². The molecule has 0 fully saturated rings. The van der Waals surface area contributed by atoms with Crippen LogP contribution in [0.2, 0.25) is 0 Å². The van der Waals surface area contributed by atoms with E-state index in [1.165, 1.54) is 0 Å². The van der Waals surface area contributed by atoms with E-state index in [-0.39, 0.29) is 6.04 Å². The molecule has 0 spiro atoms. The summed E-state index contributed by atoms with van der Waals surface area (Å²) in [5.74, 6) is 0.817. The lowest BCUT2D eigenvalue weighted by Crippen LogP contribution is -2.20. The van der Waals surface area contributed by atoms with Crippen molar-refractivity contribution in [3.8, 4) is 5.69 Å². The first-order valence-electron chi connectivity index (χ1n) is 6.09. The second-order valence-corrected chi connectivity index (χ2v) is 4.38. The van der Waals surface area contributed by atoms with E-state index in [0.717, 1.165) is 17.2 Å². The topological polar surface area (TPSA) is 61.7 Å². The molecule has 0 bridgehead atoms. The molecule has 0 aliphatic carbocycles. The summed E-state index contributed by atoms with van der Waals surface area (Å²) in [5.41, 5.74) is 8.21. The zero-order chi connectivity index (χ0) is 13.2. The molecule has 19 heavy (non-hydrogen) atoms. The Balaban J connectivity index is 2.04. The Labute approximate surface area is 111 Å². The highest BCUT2D eigenvalue weighted by Gasteiger charge is 2.18. The van der Waals surface area contributed by atoms with Gasteiger partial charge in [0.1, 0.15) is 11.9 Å². The van der Waals surface area contributed by atoms with Crippen LogP contribution in [-0.2, 0) is 7.05 Å². The average Bonchev–Trinajstić information content (AvgIpc) is 3.07. The fraction of sp³-hybridized carbons (Fsp3) is 0.143. The van der Waals surface area contributed by atoms with Crippen LogP contribution in [0.25, 0.3) is 5.69 Å². The standard InChI is InChI=1S/C14H15N5/c1-18-10-9-16-14(18)13(15)12-7-8-17-19(12)11-5-3-2-4-6-11/h2-10,13H,15H2,1H3. The van der Waals surface area contributed by atoms with Crippen molar-refractivity contribution in [1.29, 1.82) is 0 Å². The molecule has 0 saturated carbocycles. The highest BCUT2D eigenvalue weighted by molar-refractivity contribution is 5.34. The van der Waals surface area contributed by atoms with Gasteiger partial charge in [0.05, 0.1) is 11.4 Å². The van der Waals surface area contributed by atoms with Gasteiger partial charge in [-0.2, -0.15) is 5.10 Å². The van der Waals surface area contributed by atoms with Crippen LogP contribution in [0.4, 0.5) is 0 Å². The molecule has 5 nitrogen and oxygen atoms in total. The summed E-state index contributed by atoms with van der Waals surface area (Å²) >= 11 is 0. The Morgan fingerprint density at radius 1 is 1.11 bits per heavy atom. The van der Waals surface area contributed by atoms with Crippen LogP contribution in [0.3, 0.4) is 0 Å². The molecule has 5 heteroatoms. The van der Waals surface area contributed by atoms with Crippen LogP contribution in [0.1, 0.15) is 17.6 Å². The SMILES string of the molecule is Cn1ccnc1C(N)c1ccnn1-c1ccccc1. The van der Waals surface area contributed by atoms with Crippen LogP contribution in [0.15, 0.2) is 55.0 Å². The number of imidazole rings is 1. The van der Waals surface area contributed by atoms with Crippen molar-refractivity contribution in [2.24, 2.45) is 12.8 Å². The molecule has 1 unspecified atom stereocenters. The molecule has 3 rings (SSSR count). The number of nitrogens with two attached hydrogens (primary N) is 1. The second-order valence-electron chi connectivity index (χ2n) is 4.38. The summed E-state index contributed by atoms with van der Waals surface area (Å²) in [7, 11) is 1.94. The Hall–Kier alpha value is -2.40. The van der Waals surface area contributed by atoms with Crippen molar-refractivity contribution in [1.82, 2.24) is 19.3 Å². The van der Waals surface area contributed by atoms with E-state index in [0.29, 0.717) is 0 Å². The summed E-state index contributed by atoms with van der Waals surface area (Å²) in [6, 6.07) is 11.6. The van der Waals surface area contributed by atoms with Gasteiger partial charge in [0.15, 0.2) is 0 Å². The summed E-state index contributed by atoms with van der Waals surface area (Å²) < 4.78 is 3.77. The highest BCUT2D eigenvalue weighted by atomic mass is 15.3. The summed E-state index contributed by atoms with van der Waals surface area (Å²) in [4.78, 5) is 4.30. The molecule has 0 radical (unpaired) electrons. The number of rotatable bonds is 3. The predicted octanol–water partition coefficient (Wildman–Crippen LogP) is 1.65. The van der Waals surface area contributed by atoms with Crippen molar-refractivity contribution < 1.29 is 0 Å². The molecule has 0 aliphatic heterocycles. The first-order valence-corrected chi connectivity index (χ1v) is 6.09. The zero-order valence-electron chi connectivity index (χ0n) is 10.6. The molecular weight excluding hydrogens is 238 g/mol. The van der Waals surface area contributed by atoms with Gasteiger partial charge in [0.25, 0.3) is 0 Å². The van der Waals surface area contributed by atoms with Crippen LogP contribution in [-0.4, -0.2) is 19.3 Å². The Bertz CT molecular complexity index is 668. The molecule has 2 N–H and O–H groups in total. The number of hydrogen-bond acceptors (Lipinski definition) is 3. The molecule has 2 heterocycles. The molecule has 96 valence electrons. The minimum atomic E-state index is -0.303. The number of aromatic nitrogens is 4. The third-order valence-electron chi connectivity index (χ3n) is 3.13. The van der Waals surface area contributed by atoms with E-state index in [2.05, 4.69) is 10.1 Å². The normalized spacial score (nSPS) is 12.5. The lowest BCUT2D eigenvalue weighted by molar-refractivity contribution is 0.667. The van der Waals surface area contributed by atoms with Crippen molar-refractivity contribution >= 4 is 0 Å². The van der Waals surface area contributed by atoms with E-state index in [1.54, 1.807) is 12.4 Å². The molecule has 1 atom stereocenters. The second kappa shape index (κ2) is 4.70. The maximum absolute atomic E-state index is 6.30. The minimum absolute atomic E-state index is 0.303. The maximum Gasteiger partial charge on any atom is 0.131 e. The maximum atomic E-state index is 6.30. The van der Waals surface area contributed by atoms with Crippen LogP contribution >= 0.6 is 0 Å². The summed E-state index contributed by atoms with van der Waals surface area (Å²) in [5, 5.41) is 4.35. The van der Waals surface area contributed by atoms with Gasteiger partial charge in [-0.05, 0) is 18.2 Å². The predicted molar refractivity (Wildman–Crippen MR) is 72.8 cm³/mol. The number of hydrogen-bond donors (Lipinski definition) is 1. The van der Waals surface area contributed by atoms with Gasteiger partial charge in [-0.25, -0.2) is 9.67 Å². The number of nitrogens with zero attached hydrogens (tertiary/aromatic N) is 4. The number of benzene rings is 1. The first kappa shape index (κ1) is 11.7. The third-order valence-corrected chi connectivity index (χ3v) is 3.13. The van der Waals surface area contributed by atoms with E-state index < -0.39 is 0 Å². The fourth-order valence-electron chi connectivity index (χ4n) is 2.14. The Morgan fingerprint density at radius 3 is 2.58 bits per heavy atom. The van der Waals surface area contributed by atoms with E-state index in [9.17, 15) is 0 Å². The lowest BCUT2D eigenvalue weighted by atomic mass is 10.2. The van der Waals surface area contributed by atoms with Crippen molar-refractivity contribution in [2.75, 3.05) is 0 Å². The molecule has 1 aromatic carbocycles. The van der Waals surface area contributed by atoms with Gasteiger partial charge in [-0.15, -0.1) is 0 Å². The van der Waals surface area contributed by atoms with Crippen molar-refractivity contribution in [3.05, 3.63) is 66.5 Å². The van der Waals surface area contributed by atoms with Gasteiger partial charge in [-0.1, -0.05) is 18.2 Å². The van der Waals surface area contributed by atoms with Crippen LogP contribution in [0, 0.1) is 0 Å². The van der Waals surface area contributed by atoms with Gasteiger partial charge < -0.3 is 10.3 Å². The molecule has 0 aliphatic rings. The third kappa shape index (κ3) is 2.04. The van der Waals surface area contributed by atoms with E-state index >= 15 is 0 Å². The molecule has 0 saturated heterocycles. The highest BCUT2D eigenvalue weighted by Crippen LogP contribution is 2.20. The zero-order valence-corrected chi connectivity index (χ0v) is 10.6. The molecular formula is C14H15N5. The number of para-hydroxylation sites is 1. The largest absolute Gasteiger partial charge is 0.336 e. The summed E-state index contributed by atoms with van der Waals surface area (Å²) in [6.45, 7) is 0. The number of aryl methyl sites for hydroxylation is 1. The van der Waals surface area contributed by atoms with Gasteiger partial charge in [0, 0.05) is 25.6 Å². The minimum Gasteiger partial charge on any atom is -0.336 e. The fourth-order valence-corrected chi connectivity index (χ4v) is 2.14. The Morgan fingerprint density at radius 2 is 1.89 bits per heavy atom. The molecule has 2 aromatic heterocycles. The lowest BCUT2D eigenvalue weighted by Gasteiger charge is -2.14. The monoisotopic (exact) mass is 253 g/mol. The Kier molecular flexibility index (Phi) is 2.89. The quantitative estimate of drug-likeness (QED) is 0.772. The smallest absolute Gasteiger partial charge is 0.131 e. The average molecular weight is 253 g/mol. The molecule has 3 aromatic rings. The van der Waals surface area contributed by atoms with Gasteiger partial charge >= 0.3 is 0 Å². The van der Waals surface area contributed by atoms with Crippen molar-refractivity contribution in [2.45, 2.75) is 6.04 Å². The first-order chi connectivity index (χ1) is 9.27. The van der Waals surface area contributed by atoms with Crippen LogP contribution in [0.5, 0.6) is 0 Å². The summed E-state index contributed by atoms with van der Waals surface area (Å²) in [6.07, 6.45) is 5.39. The van der Waals surface area contributed by atoms with Gasteiger partial charge in [-0.3, -0.25) is 0 Å². The van der Waals surface area contributed by atoms with Crippen LogP contribution < -0.4 is 5.73 Å². The van der Waals surface area contributed by atoms with Gasteiger partial charge in [0.2, 0.25) is 0 Å². The molecule has 0 amide bonds. The van der Waals surface area contributed by atoms with E-state index in [1.807, 2.05) is 58.9 Å².